The summed E-state index contributed by atoms with van der Waals surface area (Å²) in [5, 5.41) is 1.79. The Balaban J connectivity index is 0.00000144. The van der Waals surface area contributed by atoms with Crippen LogP contribution in [0.15, 0.2) is 41.3 Å². The Morgan fingerprint density at radius 3 is 2.47 bits per heavy atom. The van der Waals surface area contributed by atoms with Gasteiger partial charge in [0.05, 0.1) is 4.90 Å². The molecular formula is C12H11NaO3S. The summed E-state index contributed by atoms with van der Waals surface area (Å²) >= 11 is 0. The van der Waals surface area contributed by atoms with Gasteiger partial charge in [-0.3, -0.25) is 0 Å². The zero-order valence-electron chi connectivity index (χ0n) is 9.80. The van der Waals surface area contributed by atoms with Gasteiger partial charge in [0, 0.05) is 0 Å². The van der Waals surface area contributed by atoms with E-state index in [1.165, 1.54) is 12.1 Å². The van der Waals surface area contributed by atoms with Gasteiger partial charge in [-0.05, 0) is 34.9 Å². The summed E-state index contributed by atoms with van der Waals surface area (Å²) in [6.07, 6.45) is 0.805. The smallest absolute Gasteiger partial charge is 0.744 e. The first-order valence-electron chi connectivity index (χ1n) is 5.00. The largest absolute Gasteiger partial charge is 1.00 e. The summed E-state index contributed by atoms with van der Waals surface area (Å²) in [5.41, 5.74) is 1.04. The van der Waals surface area contributed by atoms with Crippen molar-refractivity contribution in [2.45, 2.75) is 18.2 Å². The summed E-state index contributed by atoms with van der Waals surface area (Å²) in [6.45, 7) is 1.99. The minimum absolute atomic E-state index is 0. The van der Waals surface area contributed by atoms with Crippen LogP contribution in [0.5, 0.6) is 0 Å². The zero-order chi connectivity index (χ0) is 11.8. The second-order valence-electron chi connectivity index (χ2n) is 3.61. The molecule has 84 valence electrons. The molecule has 0 radical (unpaired) electrons. The van der Waals surface area contributed by atoms with Crippen LogP contribution in [0.2, 0.25) is 0 Å². The molecule has 0 fully saturated rings. The predicted octanol–water partition coefficient (Wildman–Crippen LogP) is -0.690. The molecule has 0 atom stereocenters. The van der Waals surface area contributed by atoms with E-state index in [0.29, 0.717) is 0 Å². The third kappa shape index (κ3) is 3.09. The molecule has 0 aliphatic rings. The van der Waals surface area contributed by atoms with Gasteiger partial charge in [0.2, 0.25) is 0 Å². The monoisotopic (exact) mass is 258 g/mol. The molecule has 0 saturated heterocycles. The standard InChI is InChI=1S/C12H12O3S.Na/c1-2-9-4-3-5-10-6-7-11(8-12(9)10)16(13,14)15;/h3-8H,2H2,1H3,(H,13,14,15);/q;+1/p-1. The van der Waals surface area contributed by atoms with E-state index >= 15 is 0 Å². The molecule has 2 rings (SSSR count). The average Bonchev–Trinajstić information content (AvgIpc) is 2.26. The van der Waals surface area contributed by atoms with E-state index in [1.54, 1.807) is 6.07 Å². The van der Waals surface area contributed by atoms with Crippen LogP contribution in [0.4, 0.5) is 0 Å². The Kier molecular flexibility index (Phi) is 4.75. The van der Waals surface area contributed by atoms with E-state index < -0.39 is 10.1 Å². The van der Waals surface area contributed by atoms with Crippen molar-refractivity contribution in [1.82, 2.24) is 0 Å². The fourth-order valence-corrected chi connectivity index (χ4v) is 2.28. The van der Waals surface area contributed by atoms with Crippen molar-refractivity contribution in [2.24, 2.45) is 0 Å². The van der Waals surface area contributed by atoms with Gasteiger partial charge in [0.25, 0.3) is 0 Å². The third-order valence-electron chi connectivity index (χ3n) is 2.61. The van der Waals surface area contributed by atoms with Crippen LogP contribution in [0.25, 0.3) is 10.8 Å². The number of aryl methyl sites for hydroxylation is 1. The van der Waals surface area contributed by atoms with E-state index in [1.807, 2.05) is 25.1 Å². The molecule has 0 aliphatic carbocycles. The van der Waals surface area contributed by atoms with Gasteiger partial charge in [-0.25, -0.2) is 8.42 Å². The van der Waals surface area contributed by atoms with Crippen LogP contribution in [0.3, 0.4) is 0 Å². The number of hydrogen-bond donors (Lipinski definition) is 0. The van der Waals surface area contributed by atoms with Crippen molar-refractivity contribution in [3.05, 3.63) is 42.0 Å². The van der Waals surface area contributed by atoms with Crippen molar-refractivity contribution in [3.63, 3.8) is 0 Å². The normalized spacial score (nSPS) is 11.2. The SMILES string of the molecule is CCc1cccc2ccc(S(=O)(=O)[O-])cc12.[Na+]. The van der Waals surface area contributed by atoms with E-state index in [4.69, 9.17) is 0 Å². The molecule has 0 aliphatic heterocycles. The molecule has 0 saturated carbocycles. The second kappa shape index (κ2) is 5.50. The van der Waals surface area contributed by atoms with Crippen molar-refractivity contribution < 1.29 is 42.5 Å². The van der Waals surface area contributed by atoms with Crippen LogP contribution in [-0.2, 0) is 16.5 Å². The topological polar surface area (TPSA) is 57.2 Å². The Morgan fingerprint density at radius 2 is 1.88 bits per heavy atom. The van der Waals surface area contributed by atoms with Crippen molar-refractivity contribution in [1.29, 1.82) is 0 Å². The summed E-state index contributed by atoms with van der Waals surface area (Å²) in [7, 11) is -4.37. The molecule has 0 aromatic heterocycles. The first-order chi connectivity index (χ1) is 7.52. The minimum atomic E-state index is -4.37. The number of fused-ring (bicyclic) bond motifs is 1. The fourth-order valence-electron chi connectivity index (χ4n) is 1.78. The fraction of sp³-hybridized carbons (Fsp3) is 0.167. The van der Waals surface area contributed by atoms with Crippen LogP contribution in [0.1, 0.15) is 12.5 Å². The van der Waals surface area contributed by atoms with Gasteiger partial charge in [-0.2, -0.15) is 0 Å². The number of benzene rings is 2. The molecule has 0 amide bonds. The molecule has 0 heterocycles. The molecule has 0 N–H and O–H groups in total. The quantitative estimate of drug-likeness (QED) is 0.529. The zero-order valence-corrected chi connectivity index (χ0v) is 12.6. The molecule has 17 heavy (non-hydrogen) atoms. The maximum absolute atomic E-state index is 10.9. The first kappa shape index (κ1) is 14.7. The van der Waals surface area contributed by atoms with Gasteiger partial charge >= 0.3 is 29.6 Å². The maximum Gasteiger partial charge on any atom is 1.00 e. The summed E-state index contributed by atoms with van der Waals surface area (Å²) in [5.74, 6) is 0. The Hall–Kier alpha value is -0.390. The molecule has 0 spiro atoms. The maximum atomic E-state index is 10.9. The van der Waals surface area contributed by atoms with Gasteiger partial charge in [0.15, 0.2) is 0 Å². The molecule has 0 unspecified atom stereocenters. The second-order valence-corrected chi connectivity index (χ2v) is 4.99. The average molecular weight is 258 g/mol. The Labute approximate surface area is 123 Å². The summed E-state index contributed by atoms with van der Waals surface area (Å²) in [4.78, 5) is -0.166. The molecule has 5 heteroatoms. The van der Waals surface area contributed by atoms with Crippen molar-refractivity contribution >= 4 is 20.9 Å². The predicted molar refractivity (Wildman–Crippen MR) is 61.3 cm³/mol. The minimum Gasteiger partial charge on any atom is -0.744 e. The van der Waals surface area contributed by atoms with E-state index in [-0.39, 0.29) is 34.5 Å². The van der Waals surface area contributed by atoms with E-state index in [9.17, 15) is 13.0 Å². The molecule has 0 bridgehead atoms. The number of rotatable bonds is 2. The van der Waals surface area contributed by atoms with Gasteiger partial charge < -0.3 is 4.55 Å². The van der Waals surface area contributed by atoms with Crippen LogP contribution >= 0.6 is 0 Å². The van der Waals surface area contributed by atoms with Gasteiger partial charge in [0.1, 0.15) is 10.1 Å². The van der Waals surface area contributed by atoms with Crippen LogP contribution < -0.4 is 29.6 Å². The summed E-state index contributed by atoms with van der Waals surface area (Å²) in [6, 6.07) is 10.2. The first-order valence-corrected chi connectivity index (χ1v) is 6.41. The van der Waals surface area contributed by atoms with Crippen molar-refractivity contribution in [3.8, 4) is 0 Å². The Morgan fingerprint density at radius 1 is 1.18 bits per heavy atom. The van der Waals surface area contributed by atoms with Gasteiger partial charge in [-0.1, -0.05) is 31.2 Å². The Bertz CT molecular complexity index is 635. The van der Waals surface area contributed by atoms with E-state index in [2.05, 4.69) is 0 Å². The van der Waals surface area contributed by atoms with Crippen LogP contribution in [0, 0.1) is 0 Å². The molecule has 2 aromatic carbocycles. The number of hydrogen-bond acceptors (Lipinski definition) is 3. The van der Waals surface area contributed by atoms with Gasteiger partial charge in [-0.15, -0.1) is 0 Å². The van der Waals surface area contributed by atoms with Crippen molar-refractivity contribution in [2.75, 3.05) is 0 Å². The summed E-state index contributed by atoms with van der Waals surface area (Å²) < 4.78 is 32.8. The van der Waals surface area contributed by atoms with E-state index in [0.717, 1.165) is 22.8 Å². The van der Waals surface area contributed by atoms with Crippen LogP contribution in [-0.4, -0.2) is 13.0 Å². The molecular weight excluding hydrogens is 247 g/mol. The third-order valence-corrected chi connectivity index (χ3v) is 3.44. The molecule has 3 nitrogen and oxygen atoms in total. The molecule has 2 aromatic rings.